The number of esters is 1. The lowest BCUT2D eigenvalue weighted by Gasteiger charge is -2.38. The number of carbonyl (C=O) groups is 1. The molecule has 2 atom stereocenters. The molecule has 0 bridgehead atoms. The smallest absolute Gasteiger partial charge is 0.384 e. The lowest BCUT2D eigenvalue weighted by Crippen LogP contribution is -2.43. The molecule has 0 spiro atoms. The Morgan fingerprint density at radius 2 is 1.68 bits per heavy atom. The van der Waals surface area contributed by atoms with Gasteiger partial charge >= 0.3 is 5.97 Å². The van der Waals surface area contributed by atoms with Crippen molar-refractivity contribution in [1.29, 1.82) is 0 Å². The Balaban J connectivity index is 3.84. The summed E-state index contributed by atoms with van der Waals surface area (Å²) >= 11 is 0. The molecule has 25 heavy (non-hydrogen) atoms. The van der Waals surface area contributed by atoms with Crippen LogP contribution in [-0.2, 0) is 14.0 Å². The molecular weight excluding hydrogens is 332 g/mol. The lowest BCUT2D eigenvalue weighted by atomic mass is 10.1. The molecule has 1 N–H and O–H groups in total. The van der Waals surface area contributed by atoms with Gasteiger partial charge < -0.3 is 14.3 Å². The van der Waals surface area contributed by atoms with E-state index in [1.165, 1.54) is 0 Å². The fourth-order valence-corrected chi connectivity index (χ4v) is 3.72. The van der Waals surface area contributed by atoms with Gasteiger partial charge in [0.05, 0.1) is 6.61 Å². The Kier molecular flexibility index (Phi) is 11.3. The summed E-state index contributed by atoms with van der Waals surface area (Å²) < 4.78 is 11.1. The van der Waals surface area contributed by atoms with Crippen LogP contribution >= 0.6 is 0 Å². The maximum atomic E-state index is 11.1. The Bertz CT molecular complexity index is 443. The molecule has 0 aromatic heterocycles. The lowest BCUT2D eigenvalue weighted by molar-refractivity contribution is -0.136. The van der Waals surface area contributed by atoms with Crippen molar-refractivity contribution in [2.24, 2.45) is 0 Å². The number of aliphatic hydroxyl groups excluding tert-OH is 1. The van der Waals surface area contributed by atoms with Gasteiger partial charge in [0, 0.05) is 12.0 Å². The Morgan fingerprint density at radius 3 is 2.20 bits per heavy atom. The van der Waals surface area contributed by atoms with Gasteiger partial charge in [-0.2, -0.15) is 0 Å². The predicted octanol–water partition coefficient (Wildman–Crippen LogP) is 4.66. The molecule has 0 aliphatic rings. The van der Waals surface area contributed by atoms with Gasteiger partial charge in [0.1, 0.15) is 6.10 Å². The molecule has 0 saturated carbocycles. The highest BCUT2D eigenvalue weighted by molar-refractivity contribution is 6.74. The monoisotopic (exact) mass is 370 g/mol. The first-order valence-corrected chi connectivity index (χ1v) is 12.4. The van der Waals surface area contributed by atoms with Crippen LogP contribution in [0.5, 0.6) is 0 Å². The molecule has 0 aliphatic carbocycles. The number of unbranched alkanes of at least 4 members (excludes halogenated alkanes) is 3. The molecule has 0 aromatic carbocycles. The molecule has 0 heterocycles. The van der Waals surface area contributed by atoms with E-state index in [0.29, 0.717) is 19.1 Å². The van der Waals surface area contributed by atoms with Crippen molar-refractivity contribution in [2.75, 3.05) is 6.61 Å². The van der Waals surface area contributed by atoms with Crippen molar-refractivity contribution in [2.45, 2.75) is 103 Å². The highest BCUT2D eigenvalue weighted by atomic mass is 28.4. The number of aliphatic hydroxyl groups is 1. The summed E-state index contributed by atoms with van der Waals surface area (Å²) in [5, 5.41) is 9.97. The average molecular weight is 371 g/mol. The van der Waals surface area contributed by atoms with Crippen molar-refractivity contribution >= 4 is 14.3 Å². The molecule has 0 amide bonds. The molecular formula is C20H38O4Si. The summed E-state index contributed by atoms with van der Waals surface area (Å²) in [7, 11) is -1.67. The van der Waals surface area contributed by atoms with E-state index in [1.54, 1.807) is 6.92 Å². The highest BCUT2D eigenvalue weighted by Crippen LogP contribution is 2.37. The quantitative estimate of drug-likeness (QED) is 0.200. The van der Waals surface area contributed by atoms with Crippen LogP contribution in [0.2, 0.25) is 18.1 Å². The fourth-order valence-electron chi connectivity index (χ4n) is 2.24. The van der Waals surface area contributed by atoms with E-state index in [4.69, 9.17) is 9.16 Å². The zero-order chi connectivity index (χ0) is 19.5. The first kappa shape index (κ1) is 24.2. The third-order valence-electron chi connectivity index (χ3n) is 4.76. The van der Waals surface area contributed by atoms with Gasteiger partial charge in [0.25, 0.3) is 0 Å². The minimum atomic E-state index is -1.67. The zero-order valence-corrected chi connectivity index (χ0v) is 18.3. The number of carbonyl (C=O) groups excluding carboxylic acids is 1. The summed E-state index contributed by atoms with van der Waals surface area (Å²) in [6, 6.07) is 0. The zero-order valence-electron chi connectivity index (χ0n) is 17.3. The van der Waals surface area contributed by atoms with Gasteiger partial charge in [-0.1, -0.05) is 46.0 Å². The van der Waals surface area contributed by atoms with E-state index in [1.807, 2.05) is 0 Å². The SMILES string of the molecule is CCOC(=O)C#CC(O)CCCCCC[C@H](C)O[Si](C)(C)C(C)(C)C. The average Bonchev–Trinajstić information content (AvgIpc) is 2.47. The molecule has 0 fully saturated rings. The Labute approximate surface area is 155 Å². The minimum absolute atomic E-state index is 0.252. The van der Waals surface area contributed by atoms with Crippen molar-refractivity contribution in [3.05, 3.63) is 0 Å². The Morgan fingerprint density at radius 1 is 1.12 bits per heavy atom. The molecule has 0 rings (SSSR count). The van der Waals surface area contributed by atoms with E-state index in [2.05, 4.69) is 52.6 Å². The van der Waals surface area contributed by atoms with Crippen LogP contribution in [0.1, 0.15) is 73.1 Å². The second-order valence-corrected chi connectivity index (χ2v) is 12.9. The summed E-state index contributed by atoms with van der Waals surface area (Å²) in [5.74, 6) is 4.27. The molecule has 0 aromatic rings. The predicted molar refractivity (Wildman–Crippen MR) is 106 cm³/mol. The van der Waals surface area contributed by atoms with Crippen LogP contribution in [-0.4, -0.2) is 38.2 Å². The van der Waals surface area contributed by atoms with Gasteiger partial charge in [0.15, 0.2) is 8.32 Å². The van der Waals surface area contributed by atoms with Crippen molar-refractivity contribution in [3.63, 3.8) is 0 Å². The van der Waals surface area contributed by atoms with Gasteiger partial charge in [-0.05, 0) is 51.2 Å². The van der Waals surface area contributed by atoms with E-state index in [-0.39, 0.29) is 5.04 Å². The van der Waals surface area contributed by atoms with Gasteiger partial charge in [0.2, 0.25) is 0 Å². The molecule has 4 nitrogen and oxygen atoms in total. The summed E-state index contributed by atoms with van der Waals surface area (Å²) in [5.41, 5.74) is 0. The third-order valence-corrected chi connectivity index (χ3v) is 9.36. The minimum Gasteiger partial charge on any atom is -0.456 e. The number of hydrogen-bond donors (Lipinski definition) is 1. The van der Waals surface area contributed by atoms with Crippen LogP contribution in [0.15, 0.2) is 0 Å². The van der Waals surface area contributed by atoms with Crippen LogP contribution < -0.4 is 0 Å². The molecule has 5 heteroatoms. The van der Waals surface area contributed by atoms with Crippen LogP contribution in [0, 0.1) is 11.8 Å². The second kappa shape index (κ2) is 11.7. The topological polar surface area (TPSA) is 55.8 Å². The van der Waals surface area contributed by atoms with E-state index < -0.39 is 20.4 Å². The fraction of sp³-hybridized carbons (Fsp3) is 0.850. The molecule has 1 unspecified atom stereocenters. The third kappa shape index (κ3) is 11.4. The molecule has 146 valence electrons. The second-order valence-electron chi connectivity index (χ2n) is 8.19. The normalized spacial score (nSPS) is 14.4. The van der Waals surface area contributed by atoms with Crippen LogP contribution in [0.3, 0.4) is 0 Å². The highest BCUT2D eigenvalue weighted by Gasteiger charge is 2.38. The van der Waals surface area contributed by atoms with E-state index in [0.717, 1.165) is 32.1 Å². The summed E-state index contributed by atoms with van der Waals surface area (Å²) in [4.78, 5) is 11.1. The number of rotatable bonds is 10. The maximum absolute atomic E-state index is 11.1. The van der Waals surface area contributed by atoms with E-state index >= 15 is 0 Å². The number of ether oxygens (including phenoxy) is 1. The maximum Gasteiger partial charge on any atom is 0.384 e. The largest absolute Gasteiger partial charge is 0.456 e. The van der Waals surface area contributed by atoms with Crippen LogP contribution in [0.4, 0.5) is 0 Å². The van der Waals surface area contributed by atoms with Gasteiger partial charge in [-0.3, -0.25) is 0 Å². The standard InChI is InChI=1S/C20H38O4Si/c1-8-23-19(22)16-15-18(21)14-12-10-9-11-13-17(2)24-25(6,7)20(3,4)5/h17-18,21H,8-14H2,1-7H3/t17-,18?/m0/s1. The van der Waals surface area contributed by atoms with Crippen molar-refractivity contribution < 1.29 is 19.1 Å². The van der Waals surface area contributed by atoms with E-state index in [9.17, 15) is 9.90 Å². The van der Waals surface area contributed by atoms with Crippen LogP contribution in [0.25, 0.3) is 0 Å². The van der Waals surface area contributed by atoms with Gasteiger partial charge in [-0.15, -0.1) is 0 Å². The summed E-state index contributed by atoms with van der Waals surface area (Å²) in [6.45, 7) is 15.6. The van der Waals surface area contributed by atoms with Gasteiger partial charge in [-0.25, -0.2) is 4.79 Å². The first-order chi connectivity index (χ1) is 11.5. The molecule has 0 radical (unpaired) electrons. The Hall–Kier alpha value is -0.833. The van der Waals surface area contributed by atoms with Crippen molar-refractivity contribution in [1.82, 2.24) is 0 Å². The first-order valence-electron chi connectivity index (χ1n) is 9.53. The van der Waals surface area contributed by atoms with Crippen molar-refractivity contribution in [3.8, 4) is 11.8 Å². The summed E-state index contributed by atoms with van der Waals surface area (Å²) in [6.07, 6.45) is 5.48. The number of hydrogen-bond acceptors (Lipinski definition) is 4. The molecule has 0 saturated heterocycles. The molecule has 0 aliphatic heterocycles.